The van der Waals surface area contributed by atoms with E-state index in [0.29, 0.717) is 4.60 Å². The standard InChI is InChI=1S/C3H2BrN3/c4-3-1-5-2-6-7-3/h1-2H. The van der Waals surface area contributed by atoms with Gasteiger partial charge in [-0.1, -0.05) is 0 Å². The summed E-state index contributed by atoms with van der Waals surface area (Å²) < 4.78 is 0.662. The zero-order chi connectivity index (χ0) is 5.11. The molecule has 7 heavy (non-hydrogen) atoms. The molecule has 0 spiro atoms. The second-order valence-corrected chi connectivity index (χ2v) is 1.74. The van der Waals surface area contributed by atoms with Crippen LogP contribution in [0.3, 0.4) is 0 Å². The Morgan fingerprint density at radius 2 is 2.43 bits per heavy atom. The van der Waals surface area contributed by atoms with Gasteiger partial charge in [0.1, 0.15) is 10.9 Å². The fraction of sp³-hybridized carbons (Fsp3) is 0. The van der Waals surface area contributed by atoms with Crippen molar-refractivity contribution in [3.63, 3.8) is 0 Å². The van der Waals surface area contributed by atoms with Crippen molar-refractivity contribution in [1.82, 2.24) is 15.2 Å². The van der Waals surface area contributed by atoms with Crippen LogP contribution in [0.25, 0.3) is 0 Å². The molecular formula is C3H2BrN3. The second-order valence-electron chi connectivity index (χ2n) is 0.932. The molecule has 36 valence electrons. The molecule has 1 aromatic heterocycles. The van der Waals surface area contributed by atoms with Crippen LogP contribution < -0.4 is 0 Å². The van der Waals surface area contributed by atoms with Crippen molar-refractivity contribution in [1.29, 1.82) is 0 Å². The van der Waals surface area contributed by atoms with Crippen molar-refractivity contribution < 1.29 is 0 Å². The van der Waals surface area contributed by atoms with Gasteiger partial charge < -0.3 is 0 Å². The highest BCUT2D eigenvalue weighted by Gasteiger charge is 1.78. The van der Waals surface area contributed by atoms with Gasteiger partial charge in [0.15, 0.2) is 0 Å². The Labute approximate surface area is 48.9 Å². The lowest BCUT2D eigenvalue weighted by atomic mass is 10.9. The number of nitrogens with zero attached hydrogens (tertiary/aromatic N) is 3. The molecule has 0 radical (unpaired) electrons. The van der Waals surface area contributed by atoms with Gasteiger partial charge in [0.05, 0.1) is 6.20 Å². The van der Waals surface area contributed by atoms with Crippen LogP contribution in [-0.4, -0.2) is 15.2 Å². The molecule has 0 bridgehead atoms. The summed E-state index contributed by atoms with van der Waals surface area (Å²) in [7, 11) is 0. The maximum absolute atomic E-state index is 3.66. The minimum atomic E-state index is 0.662. The van der Waals surface area contributed by atoms with Crippen molar-refractivity contribution in [2.75, 3.05) is 0 Å². The molecule has 3 nitrogen and oxygen atoms in total. The molecular weight excluding hydrogens is 158 g/mol. The monoisotopic (exact) mass is 159 g/mol. The Morgan fingerprint density at radius 3 is 2.71 bits per heavy atom. The van der Waals surface area contributed by atoms with E-state index < -0.39 is 0 Å². The smallest absolute Gasteiger partial charge is 0.147 e. The highest BCUT2D eigenvalue weighted by molar-refractivity contribution is 9.10. The first-order valence-electron chi connectivity index (χ1n) is 1.68. The van der Waals surface area contributed by atoms with Crippen molar-refractivity contribution in [2.24, 2.45) is 0 Å². The van der Waals surface area contributed by atoms with Crippen LogP contribution >= 0.6 is 15.9 Å². The molecule has 1 heterocycles. The van der Waals surface area contributed by atoms with Crippen LogP contribution in [0.5, 0.6) is 0 Å². The molecule has 0 fully saturated rings. The molecule has 0 aromatic carbocycles. The molecule has 0 unspecified atom stereocenters. The van der Waals surface area contributed by atoms with E-state index in [4.69, 9.17) is 0 Å². The van der Waals surface area contributed by atoms with Gasteiger partial charge in [-0.3, -0.25) is 0 Å². The number of hydrogen-bond acceptors (Lipinski definition) is 3. The van der Waals surface area contributed by atoms with Crippen LogP contribution in [-0.2, 0) is 0 Å². The summed E-state index contributed by atoms with van der Waals surface area (Å²) in [6.45, 7) is 0. The summed E-state index contributed by atoms with van der Waals surface area (Å²) >= 11 is 3.08. The summed E-state index contributed by atoms with van der Waals surface area (Å²) in [5.74, 6) is 0. The van der Waals surface area contributed by atoms with Crippen molar-refractivity contribution in [3.05, 3.63) is 17.1 Å². The molecule has 0 aliphatic heterocycles. The Hall–Kier alpha value is -0.510. The Bertz CT molecular complexity index is 140. The third kappa shape index (κ3) is 1.19. The predicted octanol–water partition coefficient (Wildman–Crippen LogP) is 0.634. The van der Waals surface area contributed by atoms with Crippen LogP contribution in [0.15, 0.2) is 17.1 Å². The Morgan fingerprint density at radius 1 is 1.57 bits per heavy atom. The lowest BCUT2D eigenvalue weighted by Crippen LogP contribution is -1.80. The summed E-state index contributed by atoms with van der Waals surface area (Å²) in [6.07, 6.45) is 2.96. The van der Waals surface area contributed by atoms with E-state index in [1.54, 1.807) is 6.20 Å². The van der Waals surface area contributed by atoms with Crippen LogP contribution in [0.1, 0.15) is 0 Å². The third-order valence-corrected chi connectivity index (χ3v) is 0.816. The van der Waals surface area contributed by atoms with Gasteiger partial charge in [-0.2, -0.15) is 0 Å². The molecule has 0 N–H and O–H groups in total. The van der Waals surface area contributed by atoms with E-state index in [-0.39, 0.29) is 0 Å². The Kier molecular flexibility index (Phi) is 1.31. The summed E-state index contributed by atoms with van der Waals surface area (Å²) in [5, 5.41) is 7.06. The first-order valence-corrected chi connectivity index (χ1v) is 2.47. The molecule has 0 atom stereocenters. The summed E-state index contributed by atoms with van der Waals surface area (Å²) in [5.41, 5.74) is 0. The number of aromatic nitrogens is 3. The molecule has 1 aromatic rings. The molecule has 0 aliphatic rings. The molecule has 0 saturated carbocycles. The zero-order valence-corrected chi connectivity index (χ0v) is 4.96. The van der Waals surface area contributed by atoms with Crippen molar-refractivity contribution in [2.45, 2.75) is 0 Å². The molecule has 4 heteroatoms. The van der Waals surface area contributed by atoms with Gasteiger partial charge in [0, 0.05) is 0 Å². The van der Waals surface area contributed by atoms with Crippen LogP contribution in [0, 0.1) is 0 Å². The lowest BCUT2D eigenvalue weighted by Gasteiger charge is -1.78. The van der Waals surface area contributed by atoms with Gasteiger partial charge >= 0.3 is 0 Å². The van der Waals surface area contributed by atoms with E-state index in [1.807, 2.05) is 0 Å². The average Bonchev–Trinajstić information content (AvgIpc) is 1.69. The fourth-order valence-corrected chi connectivity index (χ4v) is 0.441. The average molecular weight is 160 g/mol. The van der Waals surface area contributed by atoms with Gasteiger partial charge in [0.2, 0.25) is 0 Å². The normalized spacial score (nSPS) is 8.71. The number of halogens is 1. The Balaban J connectivity index is 3.02. The largest absolute Gasteiger partial charge is 0.240 e. The minimum Gasteiger partial charge on any atom is -0.240 e. The maximum atomic E-state index is 3.66. The number of hydrogen-bond donors (Lipinski definition) is 0. The van der Waals surface area contributed by atoms with Crippen LogP contribution in [0.4, 0.5) is 0 Å². The highest BCUT2D eigenvalue weighted by Crippen LogP contribution is 1.95. The second kappa shape index (κ2) is 1.97. The zero-order valence-electron chi connectivity index (χ0n) is 3.37. The summed E-state index contributed by atoms with van der Waals surface area (Å²) in [4.78, 5) is 3.66. The SMILES string of the molecule is Brc1cncnn1. The predicted molar refractivity (Wildman–Crippen MR) is 27.5 cm³/mol. The van der Waals surface area contributed by atoms with Crippen LogP contribution in [0.2, 0.25) is 0 Å². The maximum Gasteiger partial charge on any atom is 0.147 e. The summed E-state index contributed by atoms with van der Waals surface area (Å²) in [6, 6.07) is 0. The first kappa shape index (κ1) is 4.64. The van der Waals surface area contributed by atoms with E-state index >= 15 is 0 Å². The molecule has 0 aliphatic carbocycles. The van der Waals surface area contributed by atoms with Gasteiger partial charge in [-0.25, -0.2) is 4.98 Å². The van der Waals surface area contributed by atoms with Crippen molar-refractivity contribution in [3.8, 4) is 0 Å². The van der Waals surface area contributed by atoms with E-state index in [2.05, 4.69) is 31.1 Å². The van der Waals surface area contributed by atoms with E-state index in [1.165, 1.54) is 6.33 Å². The van der Waals surface area contributed by atoms with Crippen molar-refractivity contribution >= 4 is 15.9 Å². The topological polar surface area (TPSA) is 38.7 Å². The first-order chi connectivity index (χ1) is 3.39. The number of rotatable bonds is 0. The van der Waals surface area contributed by atoms with Gasteiger partial charge in [-0.15, -0.1) is 10.2 Å². The van der Waals surface area contributed by atoms with Gasteiger partial charge in [-0.05, 0) is 15.9 Å². The highest BCUT2D eigenvalue weighted by atomic mass is 79.9. The third-order valence-electron chi connectivity index (χ3n) is 0.453. The minimum absolute atomic E-state index is 0.662. The molecule has 1 rings (SSSR count). The van der Waals surface area contributed by atoms with E-state index in [0.717, 1.165) is 0 Å². The molecule has 0 saturated heterocycles. The quantitative estimate of drug-likeness (QED) is 0.558. The lowest BCUT2D eigenvalue weighted by molar-refractivity contribution is 0.945. The fourth-order valence-electron chi connectivity index (χ4n) is 0.231. The van der Waals surface area contributed by atoms with E-state index in [9.17, 15) is 0 Å². The van der Waals surface area contributed by atoms with Gasteiger partial charge in [0.25, 0.3) is 0 Å². The molecule has 0 amide bonds.